The van der Waals surface area contributed by atoms with Gasteiger partial charge < -0.3 is 31.6 Å². The average Bonchev–Trinajstić information content (AvgIpc) is 3.74. The third-order valence-electron chi connectivity index (χ3n) is 9.29. The number of rotatable bonds is 7. The number of benzene rings is 2. The first kappa shape index (κ1) is 35.6. The summed E-state index contributed by atoms with van der Waals surface area (Å²) in [4.78, 5) is 50.3. The minimum absolute atomic E-state index is 0.0485. The molecule has 0 spiro atoms. The number of Topliss-reactive ketones (excluding diaryl/α,β-unsaturated/α-hetero) is 2. The number of nitrogens with two attached hydrogens (primary N) is 2. The second kappa shape index (κ2) is 14.2. The van der Waals surface area contributed by atoms with Crippen LogP contribution in [-0.2, 0) is 28.7 Å². The Morgan fingerprint density at radius 1 is 0.745 bits per heavy atom. The Morgan fingerprint density at radius 3 is 1.80 bits per heavy atom. The van der Waals surface area contributed by atoms with Crippen LogP contribution in [0.4, 0.5) is 4.39 Å². The van der Waals surface area contributed by atoms with E-state index < -0.39 is 23.8 Å². The van der Waals surface area contributed by atoms with Crippen LogP contribution in [0.15, 0.2) is 98.6 Å². The van der Waals surface area contributed by atoms with E-state index >= 15 is 0 Å². The van der Waals surface area contributed by atoms with Gasteiger partial charge in [-0.3, -0.25) is 9.59 Å². The van der Waals surface area contributed by atoms with Crippen molar-refractivity contribution in [1.29, 1.82) is 0 Å². The van der Waals surface area contributed by atoms with E-state index in [0.717, 1.165) is 33.2 Å². The molecule has 13 heteroatoms. The number of halogens is 1. The highest BCUT2D eigenvalue weighted by molar-refractivity contribution is 7.17. The Balaban J connectivity index is 0.000000176. The van der Waals surface area contributed by atoms with E-state index in [1.807, 2.05) is 41.9 Å². The van der Waals surface area contributed by atoms with Gasteiger partial charge in [0.1, 0.15) is 17.5 Å². The lowest BCUT2D eigenvalue weighted by atomic mass is 9.78. The van der Waals surface area contributed by atoms with Crippen LogP contribution in [0.2, 0.25) is 0 Å². The van der Waals surface area contributed by atoms with E-state index in [1.54, 1.807) is 24.3 Å². The summed E-state index contributed by atoms with van der Waals surface area (Å²) in [7, 11) is 2.59. The third-order valence-corrected chi connectivity index (χ3v) is 11.3. The molecule has 2 aromatic heterocycles. The van der Waals surface area contributed by atoms with Crippen LogP contribution >= 0.6 is 22.7 Å². The first-order valence-electron chi connectivity index (χ1n) is 16.2. The van der Waals surface area contributed by atoms with Gasteiger partial charge in [0.25, 0.3) is 0 Å². The van der Waals surface area contributed by atoms with Crippen LogP contribution in [0.1, 0.15) is 56.6 Å². The quantitative estimate of drug-likeness (QED) is 0.163. The van der Waals surface area contributed by atoms with Crippen molar-refractivity contribution in [3.8, 4) is 0 Å². The number of esters is 2. The number of allylic oxidation sites excluding steroid dienone is 4. The average molecular weight is 729 g/mol. The molecule has 2 aliphatic heterocycles. The van der Waals surface area contributed by atoms with Crippen molar-refractivity contribution in [2.75, 3.05) is 14.2 Å². The minimum Gasteiger partial charge on any atom is -0.466 e. The number of hydrogen-bond donors (Lipinski definition) is 4. The number of ketones is 2. The second-order valence-electron chi connectivity index (χ2n) is 12.5. The lowest BCUT2D eigenvalue weighted by Crippen LogP contribution is -2.35. The first-order valence-corrected chi connectivity index (χ1v) is 17.9. The highest BCUT2D eigenvalue weighted by Gasteiger charge is 2.43. The van der Waals surface area contributed by atoms with Crippen LogP contribution < -0.4 is 22.1 Å². The third kappa shape index (κ3) is 6.54. The standard InChI is InChI=1S/C20H20N2O3S.C18H17FN2O3S/c1-10-15(18(23)11-7-8-11)16(17(19(21)22-10)20(24)25-2)13-9-26-14-6-4-3-5-12(13)14;1-8-14(9(2)22)15(16(17(20)21-8)18(23)24-3)12-7-25-13-5-4-10(19)6-11(12)13/h3-6,9,11,16,22H,7-8,21H2,1-2H3;4-7,15,21H,20H2,1-3H3. The smallest absolute Gasteiger partial charge is 0.338 e. The van der Waals surface area contributed by atoms with E-state index in [4.69, 9.17) is 20.9 Å². The summed E-state index contributed by atoms with van der Waals surface area (Å²) >= 11 is 3.02. The Kier molecular flexibility index (Phi) is 9.87. The molecule has 4 aromatic rings. The minimum atomic E-state index is -0.707. The van der Waals surface area contributed by atoms with Crippen molar-refractivity contribution < 1.29 is 33.0 Å². The molecule has 3 aliphatic rings. The Labute approximate surface area is 301 Å². The molecular formula is C38H37FN4O6S2. The summed E-state index contributed by atoms with van der Waals surface area (Å²) in [5, 5.41) is 11.4. The Bertz CT molecular complexity index is 2260. The fraction of sp³-hybridized carbons (Fsp3) is 0.263. The van der Waals surface area contributed by atoms with Crippen LogP contribution in [-0.4, -0.2) is 37.7 Å². The van der Waals surface area contributed by atoms with Crippen molar-refractivity contribution in [1.82, 2.24) is 10.6 Å². The fourth-order valence-electron chi connectivity index (χ4n) is 6.83. The number of ether oxygens (including phenoxy) is 2. The van der Waals surface area contributed by atoms with Crippen molar-refractivity contribution in [3.05, 3.63) is 115 Å². The first-order chi connectivity index (χ1) is 24.4. The highest BCUT2D eigenvalue weighted by Crippen LogP contribution is 2.47. The molecule has 1 saturated carbocycles. The van der Waals surface area contributed by atoms with Gasteiger partial charge in [-0.25, -0.2) is 14.0 Å². The molecule has 2 aromatic carbocycles. The molecule has 1 fully saturated rings. The SMILES string of the molecule is COC(=O)C1=C(N)NC(C)=C(C(=O)C2CC2)C1c1csc2ccccc12.COC(=O)C1=C(N)NC(C)=C(C(C)=O)C1c1csc2ccc(F)cc12. The van der Waals surface area contributed by atoms with Crippen molar-refractivity contribution in [2.24, 2.45) is 17.4 Å². The Hall–Kier alpha value is -5.27. The van der Waals surface area contributed by atoms with Gasteiger partial charge in [-0.1, -0.05) is 18.2 Å². The highest BCUT2D eigenvalue weighted by atomic mass is 32.1. The van der Waals surface area contributed by atoms with Crippen molar-refractivity contribution in [3.63, 3.8) is 0 Å². The molecule has 0 radical (unpaired) electrons. The van der Waals surface area contributed by atoms with Gasteiger partial charge >= 0.3 is 11.9 Å². The summed E-state index contributed by atoms with van der Waals surface area (Å²) in [6.45, 7) is 5.00. The lowest BCUT2D eigenvalue weighted by molar-refractivity contribution is -0.137. The van der Waals surface area contributed by atoms with Crippen LogP contribution in [0, 0.1) is 11.7 Å². The van der Waals surface area contributed by atoms with Crippen molar-refractivity contribution in [2.45, 2.75) is 45.4 Å². The number of hydrogen-bond acceptors (Lipinski definition) is 12. The predicted octanol–water partition coefficient (Wildman–Crippen LogP) is 6.12. The second-order valence-corrected chi connectivity index (χ2v) is 14.4. The maximum absolute atomic E-state index is 13.8. The number of thiophene rings is 2. The Morgan fingerprint density at radius 2 is 1.25 bits per heavy atom. The molecule has 7 rings (SSSR count). The fourth-order valence-corrected chi connectivity index (χ4v) is 8.78. The normalized spacial score (nSPS) is 19.0. The summed E-state index contributed by atoms with van der Waals surface area (Å²) < 4.78 is 25.6. The molecule has 2 atom stereocenters. The maximum atomic E-state index is 13.8. The zero-order valence-electron chi connectivity index (χ0n) is 28.6. The molecule has 2 unspecified atom stereocenters. The molecule has 264 valence electrons. The lowest BCUT2D eigenvalue weighted by Gasteiger charge is -2.30. The number of carbonyl (C=O) groups is 4. The summed E-state index contributed by atoms with van der Waals surface area (Å²) in [5.41, 5.74) is 16.6. The molecule has 51 heavy (non-hydrogen) atoms. The number of carbonyl (C=O) groups excluding carboxylic acids is 4. The van der Waals surface area contributed by atoms with Gasteiger partial charge in [-0.2, -0.15) is 0 Å². The van der Waals surface area contributed by atoms with Gasteiger partial charge in [0, 0.05) is 37.9 Å². The topological polar surface area (TPSA) is 163 Å². The number of dihydropyridines is 2. The molecule has 10 nitrogen and oxygen atoms in total. The molecular weight excluding hydrogens is 692 g/mol. The van der Waals surface area contributed by atoms with E-state index in [-0.39, 0.29) is 40.5 Å². The van der Waals surface area contributed by atoms with E-state index in [2.05, 4.69) is 10.6 Å². The number of nitrogens with one attached hydrogen (secondary N) is 2. The van der Waals surface area contributed by atoms with Crippen LogP contribution in [0.5, 0.6) is 0 Å². The molecule has 1 aliphatic carbocycles. The maximum Gasteiger partial charge on any atom is 0.338 e. The predicted molar refractivity (Wildman–Crippen MR) is 196 cm³/mol. The van der Waals surface area contributed by atoms with Gasteiger partial charge in [-0.15, -0.1) is 22.7 Å². The van der Waals surface area contributed by atoms with Gasteiger partial charge in [0.15, 0.2) is 11.6 Å². The molecule has 4 heterocycles. The van der Waals surface area contributed by atoms with Gasteiger partial charge in [0.2, 0.25) is 0 Å². The molecule has 0 bridgehead atoms. The zero-order valence-corrected chi connectivity index (χ0v) is 30.3. The molecule has 0 amide bonds. The summed E-state index contributed by atoms with van der Waals surface area (Å²) in [5.74, 6) is -2.40. The largest absolute Gasteiger partial charge is 0.466 e. The van der Waals surface area contributed by atoms with Gasteiger partial charge in [-0.05, 0) is 90.5 Å². The monoisotopic (exact) mass is 728 g/mol. The van der Waals surface area contributed by atoms with E-state index in [0.29, 0.717) is 39.1 Å². The van der Waals surface area contributed by atoms with Gasteiger partial charge in [0.05, 0.1) is 37.2 Å². The zero-order chi connectivity index (χ0) is 36.7. The summed E-state index contributed by atoms with van der Waals surface area (Å²) in [6.07, 6.45) is 1.80. The van der Waals surface area contributed by atoms with Crippen LogP contribution in [0.25, 0.3) is 20.2 Å². The summed E-state index contributed by atoms with van der Waals surface area (Å²) in [6, 6.07) is 12.5. The number of fused-ring (bicyclic) bond motifs is 2. The molecule has 6 N–H and O–H groups in total. The number of methoxy groups -OCH3 is 2. The van der Waals surface area contributed by atoms with E-state index in [1.165, 1.54) is 44.6 Å². The van der Waals surface area contributed by atoms with Crippen LogP contribution in [0.3, 0.4) is 0 Å². The molecule has 0 saturated heterocycles. The van der Waals surface area contributed by atoms with Crippen molar-refractivity contribution >= 4 is 66.4 Å². The van der Waals surface area contributed by atoms with E-state index in [9.17, 15) is 23.6 Å².